The number of piperidine rings is 1. The molecule has 3 aromatic rings. The molecule has 4 rings (SSSR count). The SMILES string of the molecule is COC(=O)C(Cc1ccc[nH]c1=O)N1CC(C)C[C@H](CC(=O)c2cc3c(OC)cccc3[nH]2)C1=O. The van der Waals surface area contributed by atoms with Crippen molar-refractivity contribution >= 4 is 28.6 Å². The molecule has 2 aromatic heterocycles. The van der Waals surface area contributed by atoms with Crippen LogP contribution in [0.1, 0.15) is 35.8 Å². The Morgan fingerprint density at radius 3 is 2.69 bits per heavy atom. The number of ether oxygens (including phenoxy) is 2. The molecule has 9 heteroatoms. The van der Waals surface area contributed by atoms with Crippen molar-refractivity contribution in [3.8, 4) is 5.75 Å². The molecule has 1 saturated heterocycles. The number of Topliss-reactive ketones (excluding diaryl/α,β-unsaturated/α-hetero) is 1. The van der Waals surface area contributed by atoms with Crippen LogP contribution in [0.2, 0.25) is 0 Å². The molecular weight excluding hydrogens is 450 g/mol. The number of likely N-dealkylation sites (tertiary alicyclic amines) is 1. The molecule has 184 valence electrons. The average Bonchev–Trinajstić information content (AvgIpc) is 3.30. The van der Waals surface area contributed by atoms with Crippen LogP contribution >= 0.6 is 0 Å². The first-order chi connectivity index (χ1) is 16.8. The fourth-order valence-corrected chi connectivity index (χ4v) is 4.84. The average molecular weight is 480 g/mol. The number of nitrogens with zero attached hydrogens (tertiary/aromatic N) is 1. The standard InChI is InChI=1S/C26H29N3O6/c1-15-10-17(12-22(30)20-13-18-19(28-20)7-4-8-23(18)34-2)25(32)29(14-15)21(26(33)35-3)11-16-6-5-9-27-24(16)31/h4-9,13,15,17,21,28H,10-12,14H2,1-3H3,(H,27,31)/t15?,17-,21?/m1/s1. The lowest BCUT2D eigenvalue weighted by molar-refractivity contribution is -0.157. The Kier molecular flexibility index (Phi) is 7.04. The summed E-state index contributed by atoms with van der Waals surface area (Å²) in [6.45, 7) is 2.33. The second kappa shape index (κ2) is 10.2. The summed E-state index contributed by atoms with van der Waals surface area (Å²) in [6.07, 6.45) is 2.08. The van der Waals surface area contributed by atoms with Crippen LogP contribution in [0.4, 0.5) is 0 Å². The van der Waals surface area contributed by atoms with Crippen LogP contribution in [0, 0.1) is 11.8 Å². The van der Waals surface area contributed by atoms with Gasteiger partial charge >= 0.3 is 5.97 Å². The van der Waals surface area contributed by atoms with E-state index in [-0.39, 0.29) is 36.0 Å². The highest BCUT2D eigenvalue weighted by Crippen LogP contribution is 2.31. The highest BCUT2D eigenvalue weighted by atomic mass is 16.5. The zero-order valence-corrected chi connectivity index (χ0v) is 20.0. The summed E-state index contributed by atoms with van der Waals surface area (Å²) in [5.74, 6) is -0.931. The Morgan fingerprint density at radius 2 is 1.97 bits per heavy atom. The molecule has 1 aliphatic rings. The Balaban J connectivity index is 1.57. The van der Waals surface area contributed by atoms with E-state index in [9.17, 15) is 19.2 Å². The lowest BCUT2D eigenvalue weighted by Gasteiger charge is -2.39. The number of fused-ring (bicyclic) bond motifs is 1. The molecule has 2 unspecified atom stereocenters. The van der Waals surface area contributed by atoms with E-state index in [1.165, 1.54) is 18.2 Å². The number of hydrogen-bond donors (Lipinski definition) is 2. The zero-order valence-electron chi connectivity index (χ0n) is 20.0. The van der Waals surface area contributed by atoms with E-state index < -0.39 is 17.9 Å². The number of carbonyl (C=O) groups excluding carboxylic acids is 3. The van der Waals surface area contributed by atoms with Crippen LogP contribution in [0.25, 0.3) is 10.9 Å². The molecule has 3 heterocycles. The number of methoxy groups -OCH3 is 2. The van der Waals surface area contributed by atoms with Crippen LogP contribution < -0.4 is 10.3 Å². The van der Waals surface area contributed by atoms with Gasteiger partial charge in [-0.15, -0.1) is 0 Å². The van der Waals surface area contributed by atoms with E-state index in [0.29, 0.717) is 30.0 Å². The number of rotatable bonds is 8. The normalized spacial score (nSPS) is 18.9. The van der Waals surface area contributed by atoms with Crippen molar-refractivity contribution in [3.05, 3.63) is 64.2 Å². The zero-order chi connectivity index (χ0) is 25.1. The molecule has 0 saturated carbocycles. The highest BCUT2D eigenvalue weighted by molar-refractivity contribution is 6.02. The van der Waals surface area contributed by atoms with Gasteiger partial charge in [0.1, 0.15) is 11.8 Å². The molecule has 1 aliphatic heterocycles. The predicted octanol–water partition coefficient (Wildman–Crippen LogP) is 2.71. The molecule has 2 N–H and O–H groups in total. The second-order valence-electron chi connectivity index (χ2n) is 9.03. The van der Waals surface area contributed by atoms with Gasteiger partial charge in [-0.1, -0.05) is 19.1 Å². The van der Waals surface area contributed by atoms with Gasteiger partial charge in [0.25, 0.3) is 5.56 Å². The van der Waals surface area contributed by atoms with Crippen LogP contribution in [0.5, 0.6) is 5.75 Å². The van der Waals surface area contributed by atoms with Crippen molar-refractivity contribution in [1.29, 1.82) is 0 Å². The number of amides is 1. The first kappa shape index (κ1) is 24.3. The molecular formula is C26H29N3O6. The van der Waals surface area contributed by atoms with Crippen LogP contribution in [-0.4, -0.2) is 59.3 Å². The number of esters is 1. The monoisotopic (exact) mass is 479 g/mol. The van der Waals surface area contributed by atoms with Gasteiger partial charge in [-0.25, -0.2) is 4.79 Å². The van der Waals surface area contributed by atoms with Crippen LogP contribution in [0.3, 0.4) is 0 Å². The van der Waals surface area contributed by atoms with E-state index in [1.54, 1.807) is 25.3 Å². The maximum atomic E-state index is 13.5. The van der Waals surface area contributed by atoms with Gasteiger partial charge in [-0.3, -0.25) is 14.4 Å². The topological polar surface area (TPSA) is 122 Å². The van der Waals surface area contributed by atoms with Crippen molar-refractivity contribution in [1.82, 2.24) is 14.9 Å². The molecule has 9 nitrogen and oxygen atoms in total. The molecule has 3 atom stereocenters. The van der Waals surface area contributed by atoms with Crippen molar-refractivity contribution < 1.29 is 23.9 Å². The number of pyridine rings is 1. The Labute approximate surface area is 202 Å². The number of aromatic amines is 2. The molecule has 1 fully saturated rings. The van der Waals surface area contributed by atoms with Gasteiger partial charge in [-0.05, 0) is 36.6 Å². The Hall–Kier alpha value is -3.88. The molecule has 0 spiro atoms. The van der Waals surface area contributed by atoms with Gasteiger partial charge in [0.05, 0.1) is 19.9 Å². The molecule has 0 aliphatic carbocycles. The first-order valence-corrected chi connectivity index (χ1v) is 11.6. The van der Waals surface area contributed by atoms with Crippen LogP contribution in [0.15, 0.2) is 47.4 Å². The smallest absolute Gasteiger partial charge is 0.328 e. The van der Waals surface area contributed by atoms with Crippen molar-refractivity contribution in [2.24, 2.45) is 11.8 Å². The summed E-state index contributed by atoms with van der Waals surface area (Å²) in [7, 11) is 2.83. The first-order valence-electron chi connectivity index (χ1n) is 11.6. The number of hydrogen-bond acceptors (Lipinski definition) is 6. The molecule has 1 aromatic carbocycles. The van der Waals surface area contributed by atoms with Gasteiger partial charge in [-0.2, -0.15) is 0 Å². The quantitative estimate of drug-likeness (QED) is 0.378. The fraction of sp³-hybridized carbons (Fsp3) is 0.385. The van der Waals surface area contributed by atoms with E-state index in [0.717, 1.165) is 10.9 Å². The molecule has 0 radical (unpaired) electrons. The molecule has 0 bridgehead atoms. The third-order valence-corrected chi connectivity index (χ3v) is 6.57. The number of benzene rings is 1. The van der Waals surface area contributed by atoms with Gasteiger partial charge < -0.3 is 24.3 Å². The van der Waals surface area contributed by atoms with Crippen molar-refractivity contribution in [2.45, 2.75) is 32.2 Å². The number of carbonyl (C=O) groups is 3. The fourth-order valence-electron chi connectivity index (χ4n) is 4.84. The van der Waals surface area contributed by atoms with E-state index in [4.69, 9.17) is 9.47 Å². The Morgan fingerprint density at radius 1 is 1.17 bits per heavy atom. The minimum absolute atomic E-state index is 0.00856. The largest absolute Gasteiger partial charge is 0.496 e. The van der Waals surface area contributed by atoms with Gasteiger partial charge in [0.15, 0.2) is 5.78 Å². The summed E-state index contributed by atoms with van der Waals surface area (Å²) in [5, 5.41) is 0.794. The summed E-state index contributed by atoms with van der Waals surface area (Å²) >= 11 is 0. The third kappa shape index (κ3) is 4.99. The number of nitrogens with one attached hydrogen (secondary N) is 2. The summed E-state index contributed by atoms with van der Waals surface area (Å²) in [4.78, 5) is 58.7. The minimum Gasteiger partial charge on any atom is -0.496 e. The third-order valence-electron chi connectivity index (χ3n) is 6.57. The van der Waals surface area contributed by atoms with E-state index in [2.05, 4.69) is 9.97 Å². The predicted molar refractivity (Wildman–Crippen MR) is 129 cm³/mol. The summed E-state index contributed by atoms with van der Waals surface area (Å²) < 4.78 is 10.3. The second-order valence-corrected chi connectivity index (χ2v) is 9.03. The van der Waals surface area contributed by atoms with Gasteiger partial charge in [0.2, 0.25) is 5.91 Å². The van der Waals surface area contributed by atoms with Crippen molar-refractivity contribution in [2.75, 3.05) is 20.8 Å². The maximum Gasteiger partial charge on any atom is 0.328 e. The number of aromatic nitrogens is 2. The van der Waals surface area contributed by atoms with Crippen molar-refractivity contribution in [3.63, 3.8) is 0 Å². The maximum absolute atomic E-state index is 13.5. The lowest BCUT2D eigenvalue weighted by Crippen LogP contribution is -2.54. The number of H-pyrrole nitrogens is 2. The summed E-state index contributed by atoms with van der Waals surface area (Å²) in [6, 6.07) is 9.59. The van der Waals surface area contributed by atoms with E-state index >= 15 is 0 Å². The molecule has 1 amide bonds. The number of ketones is 1. The Bertz CT molecular complexity index is 1310. The minimum atomic E-state index is -0.950. The van der Waals surface area contributed by atoms with Gasteiger partial charge in [0, 0.05) is 48.0 Å². The van der Waals surface area contributed by atoms with E-state index in [1.807, 2.05) is 25.1 Å². The summed E-state index contributed by atoms with van der Waals surface area (Å²) in [5.41, 5.74) is 1.24. The lowest BCUT2D eigenvalue weighted by atomic mass is 9.84. The van der Waals surface area contributed by atoms with Crippen LogP contribution in [-0.2, 0) is 20.7 Å². The molecule has 35 heavy (non-hydrogen) atoms. The highest BCUT2D eigenvalue weighted by Gasteiger charge is 2.40.